The maximum atomic E-state index is 10.3. The molecule has 8 heteroatoms. The summed E-state index contributed by atoms with van der Waals surface area (Å²) in [7, 11) is -1.83. The summed E-state index contributed by atoms with van der Waals surface area (Å²) in [6.45, 7) is 4.42. The molecule has 0 rings (SSSR count). The van der Waals surface area contributed by atoms with E-state index in [0.29, 0.717) is 13.2 Å². The Hall–Kier alpha value is 2.88. The molecule has 0 aliphatic rings. The Morgan fingerprint density at radius 3 is 1.33 bits per heavy atom. The van der Waals surface area contributed by atoms with Crippen molar-refractivity contribution in [3.05, 3.63) is 0 Å². The summed E-state index contributed by atoms with van der Waals surface area (Å²) in [6.07, 6.45) is 0. The monoisotopic (exact) mass is 329 g/mol. The molecule has 0 aliphatic carbocycles. The van der Waals surface area contributed by atoms with Gasteiger partial charge in [0.25, 0.3) is 0 Å². The van der Waals surface area contributed by atoms with Gasteiger partial charge in [-0.05, 0) is 13.8 Å². The third kappa shape index (κ3) is 23.1. The van der Waals surface area contributed by atoms with E-state index in [4.69, 9.17) is 0 Å². The van der Waals surface area contributed by atoms with Gasteiger partial charge in [-0.2, -0.15) is 0 Å². The molecule has 0 aromatic carbocycles. The van der Waals surface area contributed by atoms with Crippen LogP contribution < -0.4 is 0 Å². The molecule has 0 unspecified atom stereocenters. The van der Waals surface area contributed by atoms with Crippen molar-refractivity contribution >= 4 is 8.25 Å². The Morgan fingerprint density at radius 2 is 1.17 bits per heavy atom. The Balaban J connectivity index is -0.0000000408. The van der Waals surface area contributed by atoms with Crippen molar-refractivity contribution in [2.75, 3.05) is 13.2 Å². The van der Waals surface area contributed by atoms with Gasteiger partial charge in [-0.1, -0.05) is 0 Å². The molecule has 0 saturated carbocycles. The molecule has 0 fully saturated rings. The first-order valence-electron chi connectivity index (χ1n) is 2.54. The third-order valence-corrected chi connectivity index (χ3v) is 1.41. The zero-order valence-corrected chi connectivity index (χ0v) is 14.2. The van der Waals surface area contributed by atoms with Crippen molar-refractivity contribution in [3.63, 3.8) is 0 Å². The van der Waals surface area contributed by atoms with Crippen molar-refractivity contribution in [1.82, 2.24) is 0 Å². The fourth-order valence-electron chi connectivity index (χ4n) is 0.248. The van der Waals surface area contributed by atoms with Crippen LogP contribution in [0.5, 0.6) is 0 Å². The van der Waals surface area contributed by atoms with E-state index in [1.54, 1.807) is 13.8 Å². The smallest absolute Gasteiger partial charge is 0.119 e. The predicted octanol–water partition coefficient (Wildman–Crippen LogP) is 1.71. The molecule has 64 valence electrons. The first-order chi connectivity index (χ1) is 3.81. The van der Waals surface area contributed by atoms with Crippen molar-refractivity contribution in [2.24, 2.45) is 0 Å². The molecule has 0 atom stereocenters. The van der Waals surface area contributed by atoms with Gasteiger partial charge in [0, 0.05) is 91.4 Å². The Bertz CT molecular complexity index is 76.7. The molecule has 0 amide bonds. The van der Waals surface area contributed by atoms with Crippen LogP contribution in [-0.2, 0) is 100 Å². The summed E-state index contributed by atoms with van der Waals surface area (Å²) < 4.78 is 19.5. The van der Waals surface area contributed by atoms with Gasteiger partial charge in [0.15, 0.2) is 0 Å². The normalized spacial score (nSPS) is 6.17. The summed E-state index contributed by atoms with van der Waals surface area (Å²) in [5.74, 6) is 0. The van der Waals surface area contributed by atoms with E-state index in [-0.39, 0.29) is 86.9 Å². The minimum atomic E-state index is -1.83. The molecule has 0 saturated heterocycles. The molecule has 0 heterocycles. The van der Waals surface area contributed by atoms with Crippen LogP contribution in [0.4, 0.5) is 0 Å². The average Bonchev–Trinajstić information content (AvgIpc) is 1.68. The standard InChI is InChI=1S/C4H10O3P.4Ti/c1-3-6-8(5)7-4-2;;;;/h3-4H2,1-2H3;;;;/q+1;;;;. The van der Waals surface area contributed by atoms with Crippen LogP contribution in [0.3, 0.4) is 0 Å². The van der Waals surface area contributed by atoms with Crippen molar-refractivity contribution in [3.8, 4) is 0 Å². The van der Waals surface area contributed by atoms with Gasteiger partial charge in [-0.15, -0.1) is 9.05 Å². The van der Waals surface area contributed by atoms with Gasteiger partial charge in [-0.3, -0.25) is 0 Å². The number of hydrogen-bond acceptors (Lipinski definition) is 3. The molecule has 3 nitrogen and oxygen atoms in total. The van der Waals surface area contributed by atoms with Crippen molar-refractivity contribution in [2.45, 2.75) is 13.8 Å². The second kappa shape index (κ2) is 23.6. The number of rotatable bonds is 4. The fraction of sp³-hybridized carbons (Fsp3) is 1.00. The van der Waals surface area contributed by atoms with E-state index < -0.39 is 8.25 Å². The first-order valence-corrected chi connectivity index (χ1v) is 3.63. The van der Waals surface area contributed by atoms with E-state index in [1.165, 1.54) is 0 Å². The molecule has 0 radical (unpaired) electrons. The topological polar surface area (TPSA) is 35.5 Å². The van der Waals surface area contributed by atoms with E-state index in [2.05, 4.69) is 9.05 Å². The zero-order chi connectivity index (χ0) is 6.41. The van der Waals surface area contributed by atoms with Crippen molar-refractivity contribution < 1.29 is 100 Å². The largest absolute Gasteiger partial charge is 0.697 e. The van der Waals surface area contributed by atoms with Crippen LogP contribution in [0.1, 0.15) is 13.8 Å². The molecule has 0 aliphatic heterocycles. The second-order valence-electron chi connectivity index (χ2n) is 1.06. The van der Waals surface area contributed by atoms with E-state index in [1.807, 2.05) is 0 Å². The summed E-state index contributed by atoms with van der Waals surface area (Å²) in [5, 5.41) is 0. The van der Waals surface area contributed by atoms with Gasteiger partial charge in [-0.25, -0.2) is 0 Å². The summed E-state index contributed by atoms with van der Waals surface area (Å²) in [5.41, 5.74) is 0. The SMILES string of the molecule is CCO[P+](=O)OCC.[Ti].[Ti].[Ti].[Ti]. The van der Waals surface area contributed by atoms with Gasteiger partial charge < -0.3 is 0 Å². The third-order valence-electron chi connectivity index (χ3n) is 0.469. The second-order valence-corrected chi connectivity index (χ2v) is 2.02. The summed E-state index contributed by atoms with van der Waals surface area (Å²) in [4.78, 5) is 0. The minimum absolute atomic E-state index is 0. The van der Waals surface area contributed by atoms with Gasteiger partial charge >= 0.3 is 8.25 Å². The van der Waals surface area contributed by atoms with Crippen LogP contribution in [-0.4, -0.2) is 13.2 Å². The van der Waals surface area contributed by atoms with E-state index >= 15 is 0 Å². The Labute approximate surface area is 134 Å². The molecule has 0 N–H and O–H groups in total. The van der Waals surface area contributed by atoms with Crippen LogP contribution in [0.2, 0.25) is 0 Å². The fourth-order valence-corrected chi connectivity index (χ4v) is 0.744. The van der Waals surface area contributed by atoms with Gasteiger partial charge in [0.2, 0.25) is 0 Å². The first kappa shape index (κ1) is 29.4. The number of hydrogen-bond donors (Lipinski definition) is 0. The molecule has 0 aromatic rings. The minimum Gasteiger partial charge on any atom is -0.119 e. The molecule has 0 spiro atoms. The molecule has 12 heavy (non-hydrogen) atoms. The van der Waals surface area contributed by atoms with Gasteiger partial charge in [0.05, 0.1) is 0 Å². The van der Waals surface area contributed by atoms with Crippen LogP contribution >= 0.6 is 8.25 Å². The molecular formula is C4H10O3PTi4+. The Morgan fingerprint density at radius 1 is 0.917 bits per heavy atom. The summed E-state index contributed by atoms with van der Waals surface area (Å²) >= 11 is 0. The van der Waals surface area contributed by atoms with Crippen LogP contribution in [0.15, 0.2) is 0 Å². The predicted molar refractivity (Wildman–Crippen MR) is 30.9 cm³/mol. The summed E-state index contributed by atoms with van der Waals surface area (Å²) in [6, 6.07) is 0. The van der Waals surface area contributed by atoms with Gasteiger partial charge in [0.1, 0.15) is 13.2 Å². The average molecular weight is 329 g/mol. The van der Waals surface area contributed by atoms with E-state index in [9.17, 15) is 4.57 Å². The van der Waals surface area contributed by atoms with Crippen molar-refractivity contribution in [1.29, 1.82) is 0 Å². The molecule has 0 bridgehead atoms. The maximum Gasteiger partial charge on any atom is 0.697 e. The maximum absolute atomic E-state index is 10.3. The zero-order valence-electron chi connectivity index (χ0n) is 7.09. The Kier molecular flexibility index (Phi) is 57.7. The molecular weight excluding hydrogens is 318 g/mol. The quantitative estimate of drug-likeness (QED) is 0.582. The molecule has 0 aromatic heterocycles. The van der Waals surface area contributed by atoms with Crippen LogP contribution in [0.25, 0.3) is 0 Å². The van der Waals surface area contributed by atoms with E-state index in [0.717, 1.165) is 0 Å². The van der Waals surface area contributed by atoms with Crippen LogP contribution in [0, 0.1) is 0 Å².